The first-order valence-electron chi connectivity index (χ1n) is 7.08. The highest BCUT2D eigenvalue weighted by atomic mass is 32.2. The number of carboxylic acid groups (broad SMARTS) is 1. The molecule has 5 heteroatoms. The monoisotopic (exact) mass is 302 g/mol. The summed E-state index contributed by atoms with van der Waals surface area (Å²) in [6.45, 7) is 2.17. The molecule has 0 saturated carbocycles. The minimum absolute atomic E-state index is 0.213. The Morgan fingerprint density at radius 2 is 2.10 bits per heavy atom. The maximum Gasteiger partial charge on any atom is 0.356 e. The van der Waals surface area contributed by atoms with E-state index < -0.39 is 5.97 Å². The van der Waals surface area contributed by atoms with Crippen LogP contribution in [-0.4, -0.2) is 27.1 Å². The summed E-state index contributed by atoms with van der Waals surface area (Å²) in [6, 6.07) is 8.09. The summed E-state index contributed by atoms with van der Waals surface area (Å²) in [5.74, 6) is -0.410. The van der Waals surface area contributed by atoms with Crippen LogP contribution in [0.2, 0.25) is 0 Å². The van der Waals surface area contributed by atoms with Crippen molar-refractivity contribution < 1.29 is 9.90 Å². The standard InChI is InChI=1S/C16H18N2O2S/c1-10-3-8-14-13(9-10)15(16(19)20)17-18(14)11-4-6-12(21-2)7-5-11/h4-7,10H,3,8-9H2,1-2H3,(H,19,20). The number of hydrogen-bond acceptors (Lipinski definition) is 3. The highest BCUT2D eigenvalue weighted by Gasteiger charge is 2.27. The van der Waals surface area contributed by atoms with E-state index in [2.05, 4.69) is 12.0 Å². The zero-order valence-corrected chi connectivity index (χ0v) is 13.0. The van der Waals surface area contributed by atoms with Crippen LogP contribution in [0.15, 0.2) is 29.2 Å². The van der Waals surface area contributed by atoms with Crippen LogP contribution in [0.1, 0.15) is 35.1 Å². The van der Waals surface area contributed by atoms with E-state index in [4.69, 9.17) is 0 Å². The van der Waals surface area contributed by atoms with Gasteiger partial charge in [0.2, 0.25) is 0 Å². The molecule has 1 aromatic carbocycles. The number of rotatable bonds is 3. The van der Waals surface area contributed by atoms with Gasteiger partial charge in [0.15, 0.2) is 5.69 Å². The topological polar surface area (TPSA) is 55.1 Å². The predicted molar refractivity (Wildman–Crippen MR) is 83.5 cm³/mol. The fourth-order valence-corrected chi connectivity index (χ4v) is 3.31. The third-order valence-electron chi connectivity index (χ3n) is 4.04. The van der Waals surface area contributed by atoms with Crippen LogP contribution < -0.4 is 0 Å². The number of nitrogens with zero attached hydrogens (tertiary/aromatic N) is 2. The van der Waals surface area contributed by atoms with Gasteiger partial charge < -0.3 is 5.11 Å². The van der Waals surface area contributed by atoms with Crippen LogP contribution in [-0.2, 0) is 12.8 Å². The molecule has 1 unspecified atom stereocenters. The summed E-state index contributed by atoms with van der Waals surface area (Å²) in [4.78, 5) is 12.6. The Labute approximate surface area is 128 Å². The highest BCUT2D eigenvalue weighted by molar-refractivity contribution is 7.98. The second-order valence-corrected chi connectivity index (χ2v) is 6.42. The lowest BCUT2D eigenvalue weighted by Crippen LogP contribution is -2.14. The molecular formula is C16H18N2O2S. The molecule has 1 atom stereocenters. The third-order valence-corrected chi connectivity index (χ3v) is 4.78. The molecule has 1 aromatic heterocycles. The van der Waals surface area contributed by atoms with E-state index in [-0.39, 0.29) is 5.69 Å². The van der Waals surface area contributed by atoms with Crippen molar-refractivity contribution in [1.29, 1.82) is 0 Å². The van der Waals surface area contributed by atoms with Gasteiger partial charge in [0.25, 0.3) is 0 Å². The molecule has 0 fully saturated rings. The van der Waals surface area contributed by atoms with Crippen molar-refractivity contribution in [2.24, 2.45) is 5.92 Å². The molecular weight excluding hydrogens is 284 g/mol. The van der Waals surface area contributed by atoms with Crippen molar-refractivity contribution in [2.45, 2.75) is 31.1 Å². The van der Waals surface area contributed by atoms with E-state index in [1.807, 2.05) is 35.2 Å². The molecule has 110 valence electrons. The van der Waals surface area contributed by atoms with Gasteiger partial charge in [0.1, 0.15) is 0 Å². The SMILES string of the molecule is CSc1ccc(-n2nc(C(=O)O)c3c2CCC(C)C3)cc1. The molecule has 1 aliphatic rings. The number of carboxylic acids is 1. The van der Waals surface area contributed by atoms with Gasteiger partial charge in [0, 0.05) is 16.2 Å². The number of carbonyl (C=O) groups is 1. The number of aromatic carboxylic acids is 1. The second-order valence-electron chi connectivity index (χ2n) is 5.54. The number of aromatic nitrogens is 2. The van der Waals surface area contributed by atoms with Gasteiger partial charge >= 0.3 is 5.97 Å². The maximum absolute atomic E-state index is 11.4. The van der Waals surface area contributed by atoms with Crippen molar-refractivity contribution in [3.8, 4) is 5.69 Å². The van der Waals surface area contributed by atoms with E-state index >= 15 is 0 Å². The molecule has 4 nitrogen and oxygen atoms in total. The quantitative estimate of drug-likeness (QED) is 0.883. The van der Waals surface area contributed by atoms with Crippen molar-refractivity contribution in [1.82, 2.24) is 9.78 Å². The molecule has 0 amide bonds. The molecule has 1 N–H and O–H groups in total. The van der Waals surface area contributed by atoms with Crippen molar-refractivity contribution >= 4 is 17.7 Å². The largest absolute Gasteiger partial charge is 0.476 e. The molecule has 0 saturated heterocycles. The maximum atomic E-state index is 11.4. The first-order chi connectivity index (χ1) is 10.1. The van der Waals surface area contributed by atoms with Gasteiger partial charge in [-0.25, -0.2) is 9.48 Å². The van der Waals surface area contributed by atoms with E-state index in [0.717, 1.165) is 36.2 Å². The minimum atomic E-state index is -0.931. The Kier molecular flexibility index (Phi) is 3.76. The highest BCUT2D eigenvalue weighted by Crippen LogP contribution is 2.30. The summed E-state index contributed by atoms with van der Waals surface area (Å²) in [5, 5.41) is 13.8. The Hall–Kier alpha value is -1.75. The summed E-state index contributed by atoms with van der Waals surface area (Å²) in [5.41, 5.74) is 3.12. The molecule has 0 radical (unpaired) electrons. The van der Waals surface area contributed by atoms with Gasteiger partial charge in [-0.2, -0.15) is 5.10 Å². The lowest BCUT2D eigenvalue weighted by Gasteiger charge is -2.19. The number of thioether (sulfide) groups is 1. The lowest BCUT2D eigenvalue weighted by atomic mass is 9.87. The molecule has 2 aromatic rings. The van der Waals surface area contributed by atoms with Crippen molar-refractivity contribution in [2.75, 3.05) is 6.26 Å². The zero-order chi connectivity index (χ0) is 15.0. The Balaban J connectivity index is 2.10. The van der Waals surface area contributed by atoms with Crippen LogP contribution in [0.5, 0.6) is 0 Å². The van der Waals surface area contributed by atoms with Gasteiger partial charge in [-0.1, -0.05) is 6.92 Å². The number of hydrogen-bond donors (Lipinski definition) is 1. The first-order valence-corrected chi connectivity index (χ1v) is 8.31. The van der Waals surface area contributed by atoms with E-state index in [9.17, 15) is 9.90 Å². The zero-order valence-electron chi connectivity index (χ0n) is 12.2. The van der Waals surface area contributed by atoms with Gasteiger partial charge in [0.05, 0.1) is 5.69 Å². The molecule has 21 heavy (non-hydrogen) atoms. The van der Waals surface area contributed by atoms with Gasteiger partial charge in [-0.3, -0.25) is 0 Å². The second kappa shape index (κ2) is 5.56. The summed E-state index contributed by atoms with van der Waals surface area (Å²) in [7, 11) is 0. The van der Waals surface area contributed by atoms with Crippen molar-refractivity contribution in [3.05, 3.63) is 41.2 Å². The third kappa shape index (κ3) is 2.58. The van der Waals surface area contributed by atoms with Crippen LogP contribution in [0.25, 0.3) is 5.69 Å². The van der Waals surface area contributed by atoms with Gasteiger partial charge in [-0.05, 0) is 55.7 Å². The molecule has 0 bridgehead atoms. The fraction of sp³-hybridized carbons (Fsp3) is 0.375. The average molecular weight is 302 g/mol. The fourth-order valence-electron chi connectivity index (χ4n) is 2.90. The lowest BCUT2D eigenvalue weighted by molar-refractivity contribution is 0.0688. The van der Waals surface area contributed by atoms with Gasteiger partial charge in [-0.15, -0.1) is 11.8 Å². The summed E-state index contributed by atoms with van der Waals surface area (Å²) in [6.07, 6.45) is 4.82. The Morgan fingerprint density at radius 3 is 2.71 bits per heavy atom. The minimum Gasteiger partial charge on any atom is -0.476 e. The number of fused-ring (bicyclic) bond motifs is 1. The van der Waals surface area contributed by atoms with E-state index in [0.29, 0.717) is 5.92 Å². The summed E-state index contributed by atoms with van der Waals surface area (Å²) >= 11 is 1.69. The van der Waals surface area contributed by atoms with E-state index in [1.165, 1.54) is 4.90 Å². The molecule has 0 aliphatic heterocycles. The Bertz CT molecular complexity index is 676. The van der Waals surface area contributed by atoms with Crippen LogP contribution >= 0.6 is 11.8 Å². The predicted octanol–water partition coefficient (Wildman–Crippen LogP) is 3.42. The first kappa shape index (κ1) is 14.2. The smallest absolute Gasteiger partial charge is 0.356 e. The molecule has 3 rings (SSSR count). The van der Waals surface area contributed by atoms with Crippen LogP contribution in [0.4, 0.5) is 0 Å². The average Bonchev–Trinajstić information content (AvgIpc) is 2.86. The van der Waals surface area contributed by atoms with Crippen LogP contribution in [0, 0.1) is 5.92 Å². The molecule has 1 heterocycles. The summed E-state index contributed by atoms with van der Waals surface area (Å²) < 4.78 is 1.81. The molecule has 1 aliphatic carbocycles. The number of benzene rings is 1. The normalized spacial score (nSPS) is 17.5. The van der Waals surface area contributed by atoms with Crippen LogP contribution in [0.3, 0.4) is 0 Å². The molecule has 0 spiro atoms. The van der Waals surface area contributed by atoms with Crippen molar-refractivity contribution in [3.63, 3.8) is 0 Å². The van der Waals surface area contributed by atoms with E-state index in [1.54, 1.807) is 11.8 Å². The Morgan fingerprint density at radius 1 is 1.38 bits per heavy atom.